The number of nitrogen functional groups attached to an aromatic ring is 1. The van der Waals surface area contributed by atoms with E-state index in [-0.39, 0.29) is 5.95 Å². The molecule has 19 heavy (non-hydrogen) atoms. The fourth-order valence-electron chi connectivity index (χ4n) is 1.56. The Hall–Kier alpha value is -2.01. The molecule has 0 bridgehead atoms. The maximum atomic E-state index is 6.05. The number of ether oxygens (including phenoxy) is 1. The van der Waals surface area contributed by atoms with Crippen molar-refractivity contribution in [3.63, 3.8) is 0 Å². The monoisotopic (exact) mass is 278 g/mol. The third-order valence-corrected chi connectivity index (χ3v) is 2.78. The number of aromatic nitrogens is 2. The van der Waals surface area contributed by atoms with Gasteiger partial charge in [-0.2, -0.15) is 9.97 Å². The van der Waals surface area contributed by atoms with E-state index in [1.165, 1.54) is 0 Å². The number of benzene rings is 1. The Kier molecular flexibility index (Phi) is 4.41. The first-order valence-corrected chi connectivity index (χ1v) is 6.31. The van der Waals surface area contributed by atoms with Gasteiger partial charge in [0.1, 0.15) is 12.4 Å². The van der Waals surface area contributed by atoms with E-state index < -0.39 is 0 Å². The van der Waals surface area contributed by atoms with Crippen molar-refractivity contribution in [1.82, 2.24) is 9.97 Å². The van der Waals surface area contributed by atoms with Crippen LogP contribution in [-0.4, -0.2) is 16.5 Å². The van der Waals surface area contributed by atoms with E-state index in [1.807, 2.05) is 31.2 Å². The Morgan fingerprint density at radius 1 is 1.32 bits per heavy atom. The minimum atomic E-state index is 0.174. The molecule has 0 radical (unpaired) electrons. The molecule has 2 aromatic rings. The number of hydrogen-bond acceptors (Lipinski definition) is 5. The van der Waals surface area contributed by atoms with Crippen LogP contribution in [0.3, 0.4) is 0 Å². The number of anilines is 2. The molecule has 6 heteroatoms. The fraction of sp³-hybridized carbons (Fsp3) is 0.231. The third-order valence-electron chi connectivity index (χ3n) is 2.41. The number of nitrogens with one attached hydrogen (secondary N) is 1. The van der Waals surface area contributed by atoms with E-state index in [0.29, 0.717) is 23.3 Å². The number of halogens is 1. The molecule has 1 aromatic heterocycles. The summed E-state index contributed by atoms with van der Waals surface area (Å²) >= 11 is 6.05. The van der Waals surface area contributed by atoms with Crippen LogP contribution < -0.4 is 15.8 Å². The Morgan fingerprint density at radius 2 is 2.11 bits per heavy atom. The smallest absolute Gasteiger partial charge is 0.225 e. The van der Waals surface area contributed by atoms with Crippen molar-refractivity contribution in [2.75, 3.05) is 17.6 Å². The topological polar surface area (TPSA) is 73.1 Å². The Balaban J connectivity index is 2.09. The lowest BCUT2D eigenvalue weighted by atomic mass is 10.2. The molecule has 1 heterocycles. The summed E-state index contributed by atoms with van der Waals surface area (Å²) in [7, 11) is 0. The first-order chi connectivity index (χ1) is 9.19. The molecular formula is C13H15ClN4O. The van der Waals surface area contributed by atoms with E-state index in [1.54, 1.807) is 6.07 Å². The quantitative estimate of drug-likeness (QED) is 0.880. The molecule has 0 spiro atoms. The molecule has 0 aliphatic rings. The summed E-state index contributed by atoms with van der Waals surface area (Å²) in [6.45, 7) is 3.06. The van der Waals surface area contributed by atoms with Crippen LogP contribution in [0.2, 0.25) is 5.02 Å². The van der Waals surface area contributed by atoms with Crippen LogP contribution in [0.4, 0.5) is 11.8 Å². The molecule has 0 saturated heterocycles. The average molecular weight is 279 g/mol. The van der Waals surface area contributed by atoms with Gasteiger partial charge < -0.3 is 15.8 Å². The maximum Gasteiger partial charge on any atom is 0.225 e. The molecule has 0 aliphatic carbocycles. The molecular weight excluding hydrogens is 264 g/mol. The molecule has 0 saturated carbocycles. The molecule has 0 unspecified atom stereocenters. The summed E-state index contributed by atoms with van der Waals surface area (Å²) in [6, 6.07) is 9.20. The van der Waals surface area contributed by atoms with Crippen molar-refractivity contribution in [2.24, 2.45) is 0 Å². The molecule has 0 atom stereocenters. The second-order valence-electron chi connectivity index (χ2n) is 3.86. The molecule has 0 aliphatic heterocycles. The summed E-state index contributed by atoms with van der Waals surface area (Å²) in [5.41, 5.74) is 6.52. The normalized spacial score (nSPS) is 10.2. The van der Waals surface area contributed by atoms with Crippen LogP contribution in [0.25, 0.3) is 0 Å². The van der Waals surface area contributed by atoms with E-state index in [9.17, 15) is 0 Å². The highest BCUT2D eigenvalue weighted by molar-refractivity contribution is 6.31. The van der Waals surface area contributed by atoms with Crippen LogP contribution >= 0.6 is 11.6 Å². The molecule has 2 rings (SSSR count). The van der Waals surface area contributed by atoms with Crippen molar-refractivity contribution in [1.29, 1.82) is 0 Å². The highest BCUT2D eigenvalue weighted by Gasteiger charge is 2.05. The van der Waals surface area contributed by atoms with Crippen molar-refractivity contribution in [3.05, 3.63) is 40.9 Å². The van der Waals surface area contributed by atoms with Gasteiger partial charge in [-0.25, -0.2) is 0 Å². The Bertz CT molecular complexity index is 562. The summed E-state index contributed by atoms with van der Waals surface area (Å²) < 4.78 is 5.59. The van der Waals surface area contributed by atoms with Crippen LogP contribution in [-0.2, 0) is 6.61 Å². The third kappa shape index (κ3) is 3.72. The predicted octanol–water partition coefficient (Wildman–Crippen LogP) is 2.72. The first-order valence-electron chi connectivity index (χ1n) is 5.93. The minimum Gasteiger partial charge on any atom is -0.473 e. The van der Waals surface area contributed by atoms with Gasteiger partial charge in [0.2, 0.25) is 11.8 Å². The second kappa shape index (κ2) is 6.24. The molecule has 5 nitrogen and oxygen atoms in total. The maximum absolute atomic E-state index is 6.05. The van der Waals surface area contributed by atoms with Gasteiger partial charge in [0.05, 0.1) is 0 Å². The van der Waals surface area contributed by atoms with E-state index in [2.05, 4.69) is 15.3 Å². The number of rotatable bonds is 5. The molecule has 0 fully saturated rings. The molecule has 0 amide bonds. The zero-order valence-electron chi connectivity index (χ0n) is 10.6. The lowest BCUT2D eigenvalue weighted by Crippen LogP contribution is -2.06. The summed E-state index contributed by atoms with van der Waals surface area (Å²) in [5.74, 6) is 1.24. The van der Waals surface area contributed by atoms with Crippen LogP contribution in [0, 0.1) is 0 Å². The van der Waals surface area contributed by atoms with E-state index in [0.717, 1.165) is 12.1 Å². The summed E-state index contributed by atoms with van der Waals surface area (Å²) in [5, 5.41) is 3.72. The van der Waals surface area contributed by atoms with E-state index in [4.69, 9.17) is 22.1 Å². The van der Waals surface area contributed by atoms with Gasteiger partial charge in [0.15, 0.2) is 0 Å². The van der Waals surface area contributed by atoms with Gasteiger partial charge in [0.25, 0.3) is 0 Å². The van der Waals surface area contributed by atoms with Gasteiger partial charge in [-0.15, -0.1) is 0 Å². The summed E-state index contributed by atoms with van der Waals surface area (Å²) in [6.07, 6.45) is 0. The Morgan fingerprint density at radius 3 is 2.84 bits per heavy atom. The van der Waals surface area contributed by atoms with Gasteiger partial charge >= 0.3 is 0 Å². The first kappa shape index (κ1) is 13.4. The number of hydrogen-bond donors (Lipinski definition) is 2. The highest BCUT2D eigenvalue weighted by Crippen LogP contribution is 2.19. The predicted molar refractivity (Wildman–Crippen MR) is 76.4 cm³/mol. The lowest BCUT2D eigenvalue weighted by Gasteiger charge is -2.09. The molecule has 1 aromatic carbocycles. The average Bonchev–Trinajstić information content (AvgIpc) is 2.37. The fourth-order valence-corrected chi connectivity index (χ4v) is 1.75. The highest BCUT2D eigenvalue weighted by atomic mass is 35.5. The van der Waals surface area contributed by atoms with Crippen molar-refractivity contribution in [2.45, 2.75) is 13.5 Å². The zero-order valence-corrected chi connectivity index (χ0v) is 11.3. The summed E-state index contributed by atoms with van der Waals surface area (Å²) in [4.78, 5) is 8.07. The SMILES string of the molecule is CCNc1cc(OCc2ccccc2Cl)nc(N)n1. The number of nitrogens with zero attached hydrogens (tertiary/aromatic N) is 2. The largest absolute Gasteiger partial charge is 0.473 e. The van der Waals surface area contributed by atoms with Gasteiger partial charge in [-0.1, -0.05) is 29.8 Å². The van der Waals surface area contributed by atoms with Crippen molar-refractivity contribution < 1.29 is 4.74 Å². The van der Waals surface area contributed by atoms with Crippen molar-refractivity contribution >= 4 is 23.4 Å². The van der Waals surface area contributed by atoms with E-state index >= 15 is 0 Å². The van der Waals surface area contributed by atoms with Gasteiger partial charge in [-0.3, -0.25) is 0 Å². The number of nitrogens with two attached hydrogens (primary N) is 1. The van der Waals surface area contributed by atoms with Crippen LogP contribution in [0.15, 0.2) is 30.3 Å². The molecule has 3 N–H and O–H groups in total. The second-order valence-corrected chi connectivity index (χ2v) is 4.27. The van der Waals surface area contributed by atoms with Crippen LogP contribution in [0.1, 0.15) is 12.5 Å². The zero-order chi connectivity index (χ0) is 13.7. The van der Waals surface area contributed by atoms with Gasteiger partial charge in [-0.05, 0) is 13.0 Å². The molecule has 100 valence electrons. The van der Waals surface area contributed by atoms with Crippen molar-refractivity contribution in [3.8, 4) is 5.88 Å². The Labute approximate surface area is 116 Å². The standard InChI is InChI=1S/C13H15ClN4O/c1-2-16-11-7-12(18-13(15)17-11)19-8-9-5-3-4-6-10(9)14/h3-7H,2,8H2,1H3,(H3,15,16,17,18). The lowest BCUT2D eigenvalue weighted by molar-refractivity contribution is 0.294. The van der Waals surface area contributed by atoms with Crippen LogP contribution in [0.5, 0.6) is 5.88 Å². The minimum absolute atomic E-state index is 0.174. The van der Waals surface area contributed by atoms with Gasteiger partial charge in [0, 0.05) is 23.2 Å².